The van der Waals surface area contributed by atoms with Crippen molar-refractivity contribution in [1.82, 2.24) is 10.2 Å². The highest BCUT2D eigenvalue weighted by Gasteiger charge is 2.17. The number of carbonyl (C=O) groups is 2. The van der Waals surface area contributed by atoms with Crippen LogP contribution in [0.4, 0.5) is 5.69 Å². The fraction of sp³-hybridized carbons (Fsp3) is 0.476. The van der Waals surface area contributed by atoms with Crippen LogP contribution in [0.5, 0.6) is 0 Å². The Labute approximate surface area is 166 Å². The molecule has 28 heavy (non-hydrogen) atoms. The van der Waals surface area contributed by atoms with E-state index in [4.69, 9.17) is 5.11 Å². The Balaban J connectivity index is 1.77. The van der Waals surface area contributed by atoms with E-state index >= 15 is 0 Å². The molecule has 0 bridgehead atoms. The van der Waals surface area contributed by atoms with Gasteiger partial charge in [0.25, 0.3) is 5.91 Å². The Hall–Kier alpha value is -3.01. The van der Waals surface area contributed by atoms with Crippen LogP contribution in [0.15, 0.2) is 36.0 Å². The van der Waals surface area contributed by atoms with Crippen molar-refractivity contribution in [1.29, 1.82) is 5.26 Å². The molecule has 0 radical (unpaired) electrons. The molecule has 0 unspecified atom stereocenters. The van der Waals surface area contributed by atoms with Gasteiger partial charge >= 0.3 is 5.97 Å². The van der Waals surface area contributed by atoms with E-state index < -0.39 is 5.97 Å². The summed E-state index contributed by atoms with van der Waals surface area (Å²) >= 11 is 0. The molecule has 1 saturated heterocycles. The summed E-state index contributed by atoms with van der Waals surface area (Å²) in [5, 5.41) is 20.6. The van der Waals surface area contributed by atoms with Gasteiger partial charge in [-0.15, -0.1) is 0 Å². The molecule has 1 amide bonds. The number of piperazine rings is 1. The van der Waals surface area contributed by atoms with Crippen molar-refractivity contribution < 1.29 is 14.7 Å². The summed E-state index contributed by atoms with van der Waals surface area (Å²) in [6, 6.07) is 10.4. The van der Waals surface area contributed by atoms with Crippen molar-refractivity contribution in [3.63, 3.8) is 0 Å². The van der Waals surface area contributed by atoms with Crippen LogP contribution in [0.2, 0.25) is 0 Å². The zero-order valence-electron chi connectivity index (χ0n) is 16.4. The third-order valence-electron chi connectivity index (χ3n) is 4.71. The van der Waals surface area contributed by atoms with Crippen LogP contribution in [0.3, 0.4) is 0 Å². The number of amides is 1. The highest BCUT2D eigenvalue weighted by Crippen LogP contribution is 2.18. The molecular formula is C21H28N4O3. The summed E-state index contributed by atoms with van der Waals surface area (Å²) in [7, 11) is 0. The second kappa shape index (κ2) is 11.0. The molecule has 1 aliphatic heterocycles. The van der Waals surface area contributed by atoms with Crippen molar-refractivity contribution in [3.05, 3.63) is 41.6 Å². The molecule has 1 heterocycles. The number of benzene rings is 1. The molecule has 2 rings (SSSR count). The summed E-state index contributed by atoms with van der Waals surface area (Å²) in [5.74, 6) is -1.18. The standard InChI is InChI=1S/C21H28N4O3/c1-17-6-5-7-19(14-17)25-12-10-24(11-13-25)16-18(15-22)21(28)23-9-4-2-3-8-20(26)27/h5-7,14,16H,2-4,8-13H2,1H3,(H,23,28)(H,26,27)/b18-16-. The largest absolute Gasteiger partial charge is 0.481 e. The molecule has 7 nitrogen and oxygen atoms in total. The maximum atomic E-state index is 12.2. The maximum absolute atomic E-state index is 12.2. The van der Waals surface area contributed by atoms with Crippen molar-refractivity contribution in [2.45, 2.75) is 32.6 Å². The van der Waals surface area contributed by atoms with E-state index in [1.165, 1.54) is 11.3 Å². The number of aliphatic carboxylic acids is 1. The minimum Gasteiger partial charge on any atom is -0.481 e. The van der Waals surface area contributed by atoms with Gasteiger partial charge in [0.2, 0.25) is 0 Å². The Kier molecular flexibility index (Phi) is 8.35. The third-order valence-corrected chi connectivity index (χ3v) is 4.71. The van der Waals surface area contributed by atoms with E-state index in [2.05, 4.69) is 41.4 Å². The molecule has 0 atom stereocenters. The van der Waals surface area contributed by atoms with E-state index in [0.29, 0.717) is 19.4 Å². The van der Waals surface area contributed by atoms with Gasteiger partial charge < -0.3 is 20.2 Å². The molecule has 0 aliphatic carbocycles. The van der Waals surface area contributed by atoms with Gasteiger partial charge in [0.15, 0.2) is 0 Å². The van der Waals surface area contributed by atoms with Crippen molar-refractivity contribution in [2.24, 2.45) is 0 Å². The number of nitriles is 1. The molecule has 0 aromatic heterocycles. The molecule has 1 aromatic rings. The Morgan fingerprint density at radius 3 is 2.61 bits per heavy atom. The van der Waals surface area contributed by atoms with Crippen molar-refractivity contribution in [2.75, 3.05) is 37.6 Å². The lowest BCUT2D eigenvalue weighted by molar-refractivity contribution is -0.137. The van der Waals surface area contributed by atoms with Gasteiger partial charge in [0.1, 0.15) is 11.6 Å². The van der Waals surface area contributed by atoms with E-state index in [9.17, 15) is 14.9 Å². The summed E-state index contributed by atoms with van der Waals surface area (Å²) in [6.45, 7) is 5.70. The van der Waals surface area contributed by atoms with Crippen molar-refractivity contribution in [3.8, 4) is 6.07 Å². The minimum atomic E-state index is -0.804. The van der Waals surface area contributed by atoms with Crippen molar-refractivity contribution >= 4 is 17.6 Å². The highest BCUT2D eigenvalue weighted by atomic mass is 16.4. The predicted molar refractivity (Wildman–Crippen MR) is 108 cm³/mol. The summed E-state index contributed by atoms with van der Waals surface area (Å²) in [4.78, 5) is 26.9. The van der Waals surface area contributed by atoms with Crippen LogP contribution < -0.4 is 10.2 Å². The molecule has 1 aliphatic rings. The minimum absolute atomic E-state index is 0.106. The first-order valence-corrected chi connectivity index (χ1v) is 9.67. The molecule has 1 fully saturated rings. The average Bonchev–Trinajstić information content (AvgIpc) is 2.68. The predicted octanol–water partition coefficient (Wildman–Crippen LogP) is 2.29. The van der Waals surface area contributed by atoms with E-state index in [1.54, 1.807) is 6.20 Å². The van der Waals surface area contributed by atoms with Crippen LogP contribution in [-0.2, 0) is 9.59 Å². The first-order chi connectivity index (χ1) is 13.5. The van der Waals surface area contributed by atoms with Gasteiger partial charge in [-0.05, 0) is 37.5 Å². The Morgan fingerprint density at radius 1 is 1.21 bits per heavy atom. The van der Waals surface area contributed by atoms with Gasteiger partial charge in [-0.25, -0.2) is 0 Å². The Bertz CT molecular complexity index is 746. The van der Waals surface area contributed by atoms with Crippen LogP contribution in [0.25, 0.3) is 0 Å². The highest BCUT2D eigenvalue weighted by molar-refractivity contribution is 5.97. The number of nitrogens with zero attached hydrogens (tertiary/aromatic N) is 3. The number of carboxylic acids is 1. The van der Waals surface area contributed by atoms with Crippen LogP contribution in [-0.4, -0.2) is 54.6 Å². The van der Waals surface area contributed by atoms with Crippen LogP contribution in [0.1, 0.15) is 31.2 Å². The van der Waals surface area contributed by atoms with Crippen LogP contribution >= 0.6 is 0 Å². The lowest BCUT2D eigenvalue weighted by Crippen LogP contribution is -2.44. The van der Waals surface area contributed by atoms with Gasteiger partial charge in [0.05, 0.1) is 0 Å². The number of carbonyl (C=O) groups excluding carboxylic acids is 1. The van der Waals surface area contributed by atoms with Gasteiger partial charge in [-0.1, -0.05) is 18.6 Å². The fourth-order valence-electron chi connectivity index (χ4n) is 3.13. The molecule has 1 aromatic carbocycles. The topological polar surface area (TPSA) is 96.7 Å². The number of rotatable bonds is 9. The average molecular weight is 384 g/mol. The second-order valence-corrected chi connectivity index (χ2v) is 6.98. The summed E-state index contributed by atoms with van der Waals surface area (Å²) < 4.78 is 0. The SMILES string of the molecule is Cc1cccc(N2CCN(/C=C(/C#N)C(=O)NCCCCCC(=O)O)CC2)c1. The first-order valence-electron chi connectivity index (χ1n) is 9.67. The van der Waals surface area contributed by atoms with E-state index in [0.717, 1.165) is 32.6 Å². The number of anilines is 1. The number of nitrogens with one attached hydrogen (secondary N) is 1. The first kappa shape index (κ1) is 21.3. The molecule has 0 saturated carbocycles. The fourth-order valence-corrected chi connectivity index (χ4v) is 3.13. The van der Waals surface area contributed by atoms with Gasteiger partial charge in [-0.2, -0.15) is 5.26 Å². The number of hydrogen-bond donors (Lipinski definition) is 2. The summed E-state index contributed by atoms with van der Waals surface area (Å²) in [6.07, 6.45) is 3.82. The van der Waals surface area contributed by atoms with Gasteiger partial charge in [0, 0.05) is 51.0 Å². The molecule has 2 N–H and O–H groups in total. The van der Waals surface area contributed by atoms with Gasteiger partial charge in [-0.3, -0.25) is 9.59 Å². The maximum Gasteiger partial charge on any atom is 0.303 e. The van der Waals surface area contributed by atoms with E-state index in [-0.39, 0.29) is 17.9 Å². The number of unbranched alkanes of at least 4 members (excludes halogenated alkanes) is 2. The molecule has 7 heteroatoms. The summed E-state index contributed by atoms with van der Waals surface area (Å²) in [5.41, 5.74) is 2.53. The number of hydrogen-bond acceptors (Lipinski definition) is 5. The zero-order chi connectivity index (χ0) is 20.4. The third kappa shape index (κ3) is 6.95. The molecule has 0 spiro atoms. The smallest absolute Gasteiger partial charge is 0.303 e. The second-order valence-electron chi connectivity index (χ2n) is 6.98. The lowest BCUT2D eigenvalue weighted by atomic mass is 10.2. The molecule has 150 valence electrons. The van der Waals surface area contributed by atoms with E-state index in [1.807, 2.05) is 11.0 Å². The zero-order valence-corrected chi connectivity index (χ0v) is 16.4. The monoisotopic (exact) mass is 384 g/mol. The lowest BCUT2D eigenvalue weighted by Gasteiger charge is -2.35. The normalized spacial score (nSPS) is 14.5. The molecular weight excluding hydrogens is 356 g/mol. The quantitative estimate of drug-likeness (QED) is 0.385. The number of carboxylic acid groups (broad SMARTS) is 1. The van der Waals surface area contributed by atoms with Crippen LogP contribution in [0, 0.1) is 18.3 Å². The number of aryl methyl sites for hydroxylation is 1. The Morgan fingerprint density at radius 2 is 1.96 bits per heavy atom.